The van der Waals surface area contributed by atoms with Crippen LogP contribution in [0.2, 0.25) is 5.02 Å². The molecule has 3 unspecified atom stereocenters. The van der Waals surface area contributed by atoms with Gasteiger partial charge in [-0.05, 0) is 54.8 Å². The van der Waals surface area contributed by atoms with Crippen LogP contribution in [0, 0.1) is 19.7 Å². The van der Waals surface area contributed by atoms with Crippen molar-refractivity contribution in [3.63, 3.8) is 0 Å². The van der Waals surface area contributed by atoms with Crippen LogP contribution >= 0.6 is 11.6 Å². The summed E-state index contributed by atoms with van der Waals surface area (Å²) >= 11 is 6.03. The number of hydrogen-bond donors (Lipinski definition) is 3. The monoisotopic (exact) mass is 468 g/mol. The molecular formula is C21H26ClFN4O3S. The van der Waals surface area contributed by atoms with E-state index >= 15 is 0 Å². The lowest BCUT2D eigenvalue weighted by Gasteiger charge is -2.27. The first-order chi connectivity index (χ1) is 14.7. The maximum absolute atomic E-state index is 14.8. The first-order valence-electron chi connectivity index (χ1n) is 9.50. The van der Waals surface area contributed by atoms with Gasteiger partial charge in [-0.3, -0.25) is 4.79 Å². The van der Waals surface area contributed by atoms with Crippen LogP contribution in [0.15, 0.2) is 40.3 Å². The number of benzene rings is 2. The van der Waals surface area contributed by atoms with E-state index in [4.69, 9.17) is 16.3 Å². The van der Waals surface area contributed by atoms with Crippen molar-refractivity contribution >= 4 is 40.6 Å². The summed E-state index contributed by atoms with van der Waals surface area (Å²) in [6.07, 6.45) is 0. The van der Waals surface area contributed by atoms with Crippen LogP contribution in [0.4, 0.5) is 10.1 Å². The van der Waals surface area contributed by atoms with Crippen molar-refractivity contribution in [3.8, 4) is 0 Å². The topological polar surface area (TPSA) is 91.8 Å². The molecule has 3 atom stereocenters. The molecule has 3 N–H and O–H groups in total. The van der Waals surface area contributed by atoms with Crippen molar-refractivity contribution in [2.24, 2.45) is 5.10 Å². The first-order valence-corrected chi connectivity index (χ1v) is 11.0. The molecule has 2 rings (SSSR count). The summed E-state index contributed by atoms with van der Waals surface area (Å²) < 4.78 is 36.0. The van der Waals surface area contributed by atoms with Crippen LogP contribution in [0.5, 0.6) is 0 Å². The lowest BCUT2D eigenvalue weighted by atomic mass is 9.88. The number of hydrazone groups is 1. The van der Waals surface area contributed by atoms with Crippen molar-refractivity contribution in [1.29, 1.82) is 0 Å². The van der Waals surface area contributed by atoms with Gasteiger partial charge in [0.1, 0.15) is 22.8 Å². The normalized spacial score (nSPS) is 14.5. The van der Waals surface area contributed by atoms with E-state index in [9.17, 15) is 13.4 Å². The third kappa shape index (κ3) is 5.81. The molecule has 0 aliphatic carbocycles. The van der Waals surface area contributed by atoms with Gasteiger partial charge in [-0.25, -0.2) is 13.3 Å². The van der Waals surface area contributed by atoms with Crippen molar-refractivity contribution < 1.29 is 18.1 Å². The van der Waals surface area contributed by atoms with Crippen molar-refractivity contribution in [2.45, 2.75) is 37.6 Å². The SMILES string of the molecule is CN/N=C(\OC=O)C(NS(=O)c1ccc(Cl)cc1NC)C(C)c1c(F)ccc(C)c1C. The number of carbonyl (C=O) groups is 1. The first kappa shape index (κ1) is 24.8. The number of halogens is 2. The van der Waals surface area contributed by atoms with Gasteiger partial charge in [0.05, 0.1) is 10.6 Å². The Morgan fingerprint density at radius 3 is 2.58 bits per heavy atom. The van der Waals surface area contributed by atoms with E-state index in [-0.39, 0.29) is 12.4 Å². The fraction of sp³-hybridized carbons (Fsp3) is 0.333. The van der Waals surface area contributed by atoms with Gasteiger partial charge in [0.25, 0.3) is 6.47 Å². The van der Waals surface area contributed by atoms with E-state index in [2.05, 4.69) is 20.6 Å². The Labute approximate surface area is 189 Å². The molecule has 0 fully saturated rings. The molecule has 7 nitrogen and oxygen atoms in total. The zero-order chi connectivity index (χ0) is 23.1. The zero-order valence-corrected chi connectivity index (χ0v) is 19.5. The molecule has 0 saturated carbocycles. The molecule has 0 aromatic heterocycles. The van der Waals surface area contributed by atoms with Gasteiger partial charge in [-0.15, -0.1) is 5.10 Å². The molecule has 168 valence electrons. The van der Waals surface area contributed by atoms with E-state index in [0.29, 0.717) is 21.2 Å². The number of nitrogens with one attached hydrogen (secondary N) is 3. The Balaban J connectivity index is 2.54. The number of ether oxygens (including phenoxy) is 1. The Kier molecular flexibility index (Phi) is 8.97. The van der Waals surface area contributed by atoms with Gasteiger partial charge in [0, 0.05) is 25.0 Å². The second-order valence-corrected chi connectivity index (χ2v) is 8.48. The van der Waals surface area contributed by atoms with Gasteiger partial charge >= 0.3 is 0 Å². The molecular weight excluding hydrogens is 443 g/mol. The number of nitrogens with zero attached hydrogens (tertiary/aromatic N) is 1. The highest BCUT2D eigenvalue weighted by Crippen LogP contribution is 2.30. The number of hydrogen-bond acceptors (Lipinski definition) is 6. The lowest BCUT2D eigenvalue weighted by Crippen LogP contribution is -2.44. The number of anilines is 1. The fourth-order valence-electron chi connectivity index (χ4n) is 3.26. The molecule has 0 heterocycles. The van der Waals surface area contributed by atoms with Gasteiger partial charge in [0.15, 0.2) is 0 Å². The quantitative estimate of drug-likeness (QED) is 0.226. The van der Waals surface area contributed by atoms with Crippen LogP contribution in [-0.4, -0.2) is 36.7 Å². The molecule has 10 heteroatoms. The third-order valence-corrected chi connectivity index (χ3v) is 6.45. The second kappa shape index (κ2) is 11.2. The fourth-order valence-corrected chi connectivity index (χ4v) is 4.65. The summed E-state index contributed by atoms with van der Waals surface area (Å²) in [4.78, 5) is 11.5. The molecule has 0 radical (unpaired) electrons. The summed E-state index contributed by atoms with van der Waals surface area (Å²) in [7, 11) is 1.44. The number of aryl methyl sites for hydroxylation is 1. The Morgan fingerprint density at radius 1 is 1.26 bits per heavy atom. The highest BCUT2D eigenvalue weighted by Gasteiger charge is 2.32. The molecule has 0 saturated heterocycles. The van der Waals surface area contributed by atoms with E-state index in [0.717, 1.165) is 11.1 Å². The van der Waals surface area contributed by atoms with Gasteiger partial charge in [0.2, 0.25) is 5.90 Å². The maximum Gasteiger partial charge on any atom is 0.299 e. The highest BCUT2D eigenvalue weighted by atomic mass is 35.5. The van der Waals surface area contributed by atoms with E-state index in [1.165, 1.54) is 13.1 Å². The third-order valence-electron chi connectivity index (χ3n) is 4.99. The summed E-state index contributed by atoms with van der Waals surface area (Å²) in [6.45, 7) is 5.66. The minimum absolute atomic E-state index is 0.0707. The van der Waals surface area contributed by atoms with Crippen LogP contribution in [0.1, 0.15) is 29.5 Å². The highest BCUT2D eigenvalue weighted by molar-refractivity contribution is 7.83. The summed E-state index contributed by atoms with van der Waals surface area (Å²) in [5.41, 5.74) is 5.20. The van der Waals surface area contributed by atoms with Crippen molar-refractivity contribution in [2.75, 3.05) is 19.4 Å². The largest absolute Gasteiger partial charge is 0.410 e. The molecule has 31 heavy (non-hydrogen) atoms. The minimum atomic E-state index is -1.77. The molecule has 0 bridgehead atoms. The van der Waals surface area contributed by atoms with Crippen LogP contribution in [0.3, 0.4) is 0 Å². The average Bonchev–Trinajstić information content (AvgIpc) is 2.74. The predicted molar refractivity (Wildman–Crippen MR) is 122 cm³/mol. The van der Waals surface area contributed by atoms with Gasteiger partial charge < -0.3 is 15.5 Å². The molecule has 0 spiro atoms. The Bertz CT molecular complexity index is 1000. The minimum Gasteiger partial charge on any atom is -0.410 e. The second-order valence-electron chi connectivity index (χ2n) is 6.83. The standard InChI is InChI=1S/C21H26ClFN4O3S/c1-12-6-8-16(23)19(13(12)2)14(3)20(21(26-25-5)30-11-28)27-31(29)18-9-7-15(22)10-17(18)24-4/h6-11,14,20,24-25,27H,1-5H3/b26-21-. The maximum atomic E-state index is 14.8. The molecule has 2 aromatic rings. The van der Waals surface area contributed by atoms with E-state index in [1.54, 1.807) is 38.2 Å². The van der Waals surface area contributed by atoms with Crippen LogP contribution < -0.4 is 15.5 Å². The van der Waals surface area contributed by atoms with Gasteiger partial charge in [-0.2, -0.15) is 0 Å². The summed E-state index contributed by atoms with van der Waals surface area (Å²) in [6, 6.07) is 7.06. The molecule has 2 aromatic carbocycles. The van der Waals surface area contributed by atoms with E-state index in [1.807, 2.05) is 13.8 Å². The van der Waals surface area contributed by atoms with Gasteiger partial charge in [-0.1, -0.05) is 24.6 Å². The molecule has 0 aliphatic heterocycles. The average molecular weight is 469 g/mol. The number of rotatable bonds is 9. The van der Waals surface area contributed by atoms with Crippen LogP contribution in [-0.2, 0) is 20.5 Å². The van der Waals surface area contributed by atoms with Crippen molar-refractivity contribution in [3.05, 3.63) is 57.9 Å². The Morgan fingerprint density at radius 2 is 1.97 bits per heavy atom. The van der Waals surface area contributed by atoms with Crippen LogP contribution in [0.25, 0.3) is 0 Å². The summed E-state index contributed by atoms with van der Waals surface area (Å²) in [5, 5.41) is 7.43. The lowest BCUT2D eigenvalue weighted by molar-refractivity contribution is -0.121. The Hall–Kier alpha value is -2.49. The molecule has 0 aliphatic rings. The molecule has 0 amide bonds. The zero-order valence-electron chi connectivity index (χ0n) is 18.0. The summed E-state index contributed by atoms with van der Waals surface area (Å²) in [5.74, 6) is -1.06. The van der Waals surface area contributed by atoms with E-state index < -0.39 is 28.8 Å². The van der Waals surface area contributed by atoms with Crippen molar-refractivity contribution in [1.82, 2.24) is 10.1 Å². The predicted octanol–water partition coefficient (Wildman–Crippen LogP) is 3.63. The number of carbonyl (C=O) groups excluding carboxylic acids is 1. The smallest absolute Gasteiger partial charge is 0.299 e.